The quantitative estimate of drug-likeness (QED) is 0.762. The SMILES string of the molecule is CNCc1cc(C)c(Br)c(S(=O)(=O)NC(C)CSC)c1. The van der Waals surface area contributed by atoms with Gasteiger partial charge >= 0.3 is 0 Å². The fourth-order valence-corrected chi connectivity index (χ4v) is 4.92. The third-order valence-corrected chi connectivity index (χ3v) is 6.49. The van der Waals surface area contributed by atoms with Gasteiger partial charge in [-0.05, 0) is 60.3 Å². The Morgan fingerprint density at radius 3 is 2.60 bits per heavy atom. The van der Waals surface area contributed by atoms with E-state index in [0.717, 1.165) is 16.9 Å². The lowest BCUT2D eigenvalue weighted by Crippen LogP contribution is -2.34. The van der Waals surface area contributed by atoms with Crippen molar-refractivity contribution in [1.82, 2.24) is 10.0 Å². The van der Waals surface area contributed by atoms with E-state index in [9.17, 15) is 8.42 Å². The van der Waals surface area contributed by atoms with Gasteiger partial charge in [0.1, 0.15) is 0 Å². The van der Waals surface area contributed by atoms with E-state index in [2.05, 4.69) is 26.0 Å². The van der Waals surface area contributed by atoms with Crippen LogP contribution in [0.5, 0.6) is 0 Å². The van der Waals surface area contributed by atoms with Crippen LogP contribution in [0, 0.1) is 6.92 Å². The molecule has 0 aliphatic rings. The molecule has 4 nitrogen and oxygen atoms in total. The maximum Gasteiger partial charge on any atom is 0.241 e. The summed E-state index contributed by atoms with van der Waals surface area (Å²) in [5.41, 5.74) is 1.86. The van der Waals surface area contributed by atoms with E-state index in [-0.39, 0.29) is 6.04 Å². The van der Waals surface area contributed by atoms with Gasteiger partial charge < -0.3 is 5.32 Å². The molecule has 0 heterocycles. The Morgan fingerprint density at radius 2 is 2.05 bits per heavy atom. The van der Waals surface area contributed by atoms with Crippen molar-refractivity contribution >= 4 is 37.7 Å². The summed E-state index contributed by atoms with van der Waals surface area (Å²) in [4.78, 5) is 0.302. The average molecular weight is 381 g/mol. The minimum Gasteiger partial charge on any atom is -0.316 e. The van der Waals surface area contributed by atoms with Crippen LogP contribution >= 0.6 is 27.7 Å². The van der Waals surface area contributed by atoms with Crippen LogP contribution < -0.4 is 10.0 Å². The third-order valence-electron chi connectivity index (χ3n) is 2.72. The van der Waals surface area contributed by atoms with Crippen molar-refractivity contribution in [1.29, 1.82) is 0 Å². The second-order valence-electron chi connectivity index (χ2n) is 4.73. The first-order valence-electron chi connectivity index (χ1n) is 6.26. The number of rotatable bonds is 7. The number of sulfonamides is 1. The van der Waals surface area contributed by atoms with E-state index in [1.54, 1.807) is 17.8 Å². The van der Waals surface area contributed by atoms with E-state index in [0.29, 0.717) is 15.9 Å². The van der Waals surface area contributed by atoms with Gasteiger partial charge in [0.15, 0.2) is 0 Å². The van der Waals surface area contributed by atoms with E-state index in [1.165, 1.54) is 0 Å². The number of nitrogens with one attached hydrogen (secondary N) is 2. The second-order valence-corrected chi connectivity index (χ2v) is 8.12. The molecular weight excluding hydrogens is 360 g/mol. The number of aryl methyl sites for hydroxylation is 1. The van der Waals surface area contributed by atoms with Gasteiger partial charge in [0, 0.05) is 22.8 Å². The summed E-state index contributed by atoms with van der Waals surface area (Å²) in [5.74, 6) is 0.742. The van der Waals surface area contributed by atoms with E-state index in [4.69, 9.17) is 0 Å². The number of thioether (sulfide) groups is 1. The first-order valence-corrected chi connectivity index (χ1v) is 9.93. The fourth-order valence-electron chi connectivity index (χ4n) is 1.92. The number of halogens is 1. The van der Waals surface area contributed by atoms with Crippen LogP contribution in [0.25, 0.3) is 0 Å². The molecule has 1 aromatic rings. The highest BCUT2D eigenvalue weighted by molar-refractivity contribution is 9.10. The third kappa shape index (κ3) is 4.73. The molecule has 0 aliphatic heterocycles. The average Bonchev–Trinajstić information content (AvgIpc) is 2.33. The van der Waals surface area contributed by atoms with Crippen LogP contribution in [0.1, 0.15) is 18.1 Å². The van der Waals surface area contributed by atoms with Gasteiger partial charge in [-0.25, -0.2) is 13.1 Å². The molecular formula is C13H21BrN2O2S2. The summed E-state index contributed by atoms with van der Waals surface area (Å²) in [7, 11) is -1.68. The molecule has 0 bridgehead atoms. The molecule has 0 radical (unpaired) electrons. The van der Waals surface area contributed by atoms with Crippen LogP contribution in [0.3, 0.4) is 0 Å². The lowest BCUT2D eigenvalue weighted by Gasteiger charge is -2.16. The molecule has 20 heavy (non-hydrogen) atoms. The lowest BCUT2D eigenvalue weighted by molar-refractivity contribution is 0.570. The zero-order chi connectivity index (χ0) is 15.3. The largest absolute Gasteiger partial charge is 0.316 e. The molecule has 2 N–H and O–H groups in total. The molecule has 0 fully saturated rings. The van der Waals surface area contributed by atoms with Crippen LogP contribution in [-0.4, -0.2) is 33.5 Å². The Morgan fingerprint density at radius 1 is 1.40 bits per heavy atom. The van der Waals surface area contributed by atoms with Gasteiger partial charge in [0.05, 0.1) is 4.90 Å². The Hall–Kier alpha value is -0.0800. The van der Waals surface area contributed by atoms with E-state index in [1.807, 2.05) is 33.2 Å². The Bertz CT molecular complexity index is 562. The van der Waals surface area contributed by atoms with Gasteiger partial charge in [0.2, 0.25) is 10.0 Å². The summed E-state index contributed by atoms with van der Waals surface area (Å²) in [6, 6.07) is 3.59. The van der Waals surface area contributed by atoms with Crippen molar-refractivity contribution in [2.24, 2.45) is 0 Å². The summed E-state index contributed by atoms with van der Waals surface area (Å²) in [6.45, 7) is 4.40. The van der Waals surface area contributed by atoms with Gasteiger partial charge in [0.25, 0.3) is 0 Å². The minimum absolute atomic E-state index is 0.102. The maximum absolute atomic E-state index is 12.5. The van der Waals surface area contributed by atoms with Crippen molar-refractivity contribution in [3.63, 3.8) is 0 Å². The number of hydrogen-bond acceptors (Lipinski definition) is 4. The topological polar surface area (TPSA) is 58.2 Å². The summed E-state index contributed by atoms with van der Waals surface area (Å²) >= 11 is 5.00. The van der Waals surface area contributed by atoms with Crippen LogP contribution in [0.4, 0.5) is 0 Å². The second kappa shape index (κ2) is 7.79. The van der Waals surface area contributed by atoms with Gasteiger partial charge in [-0.2, -0.15) is 11.8 Å². The van der Waals surface area contributed by atoms with Crippen LogP contribution in [-0.2, 0) is 16.6 Å². The first-order chi connectivity index (χ1) is 9.31. The summed E-state index contributed by atoms with van der Waals surface area (Å²) in [6.07, 6.45) is 1.96. The normalized spacial score (nSPS) is 13.4. The molecule has 114 valence electrons. The van der Waals surface area contributed by atoms with Crippen molar-refractivity contribution in [3.05, 3.63) is 27.7 Å². The highest BCUT2D eigenvalue weighted by atomic mass is 79.9. The molecule has 0 amide bonds. The molecule has 0 aromatic heterocycles. The highest BCUT2D eigenvalue weighted by Crippen LogP contribution is 2.27. The maximum atomic E-state index is 12.5. The molecule has 1 atom stereocenters. The fraction of sp³-hybridized carbons (Fsp3) is 0.538. The Kier molecular flexibility index (Phi) is 7.00. The molecule has 0 saturated carbocycles. The van der Waals surface area contributed by atoms with Crippen molar-refractivity contribution in [3.8, 4) is 0 Å². The van der Waals surface area contributed by atoms with Crippen molar-refractivity contribution < 1.29 is 8.42 Å². The minimum atomic E-state index is -3.51. The first kappa shape index (κ1) is 18.0. The van der Waals surface area contributed by atoms with Crippen LogP contribution in [0.15, 0.2) is 21.5 Å². The predicted octanol–water partition coefficient (Wildman–Crippen LogP) is 2.51. The van der Waals surface area contributed by atoms with Gasteiger partial charge in [-0.3, -0.25) is 0 Å². The molecule has 0 aliphatic carbocycles. The van der Waals surface area contributed by atoms with Gasteiger partial charge in [-0.15, -0.1) is 0 Å². The summed E-state index contributed by atoms with van der Waals surface area (Å²) < 4.78 is 28.3. The van der Waals surface area contributed by atoms with Crippen molar-refractivity contribution in [2.75, 3.05) is 19.1 Å². The monoisotopic (exact) mass is 380 g/mol. The van der Waals surface area contributed by atoms with Crippen molar-refractivity contribution in [2.45, 2.75) is 31.3 Å². The van der Waals surface area contributed by atoms with E-state index >= 15 is 0 Å². The predicted molar refractivity (Wildman–Crippen MR) is 89.8 cm³/mol. The van der Waals surface area contributed by atoms with Crippen LogP contribution in [0.2, 0.25) is 0 Å². The molecule has 7 heteroatoms. The highest BCUT2D eigenvalue weighted by Gasteiger charge is 2.21. The molecule has 1 unspecified atom stereocenters. The molecule has 0 saturated heterocycles. The lowest BCUT2D eigenvalue weighted by atomic mass is 10.1. The van der Waals surface area contributed by atoms with Gasteiger partial charge in [-0.1, -0.05) is 6.07 Å². The standard InChI is InChI=1S/C13H21BrN2O2S2/c1-9-5-11(7-15-3)6-12(13(9)14)20(17,18)16-10(2)8-19-4/h5-6,10,15-16H,7-8H2,1-4H3. The molecule has 1 rings (SSSR count). The Balaban J connectivity index is 3.16. The summed E-state index contributed by atoms with van der Waals surface area (Å²) in [5, 5.41) is 3.04. The number of benzene rings is 1. The zero-order valence-electron chi connectivity index (χ0n) is 12.2. The smallest absolute Gasteiger partial charge is 0.241 e. The zero-order valence-corrected chi connectivity index (χ0v) is 15.4. The molecule has 0 spiro atoms. The van der Waals surface area contributed by atoms with E-state index < -0.39 is 10.0 Å². The Labute approximate surface area is 134 Å². The molecule has 1 aromatic carbocycles. The number of hydrogen-bond donors (Lipinski definition) is 2.